The molecule has 0 radical (unpaired) electrons. The van der Waals surface area contributed by atoms with Crippen LogP contribution in [0, 0.1) is 0 Å². The molecule has 0 saturated carbocycles. The van der Waals surface area contributed by atoms with Crippen LogP contribution in [-0.2, 0) is 14.8 Å². The molecule has 1 N–H and O–H groups in total. The predicted octanol–water partition coefficient (Wildman–Crippen LogP) is 4.35. The van der Waals surface area contributed by atoms with Gasteiger partial charge in [-0.15, -0.1) is 0 Å². The van der Waals surface area contributed by atoms with E-state index in [1.165, 1.54) is 25.5 Å². The van der Waals surface area contributed by atoms with Crippen LogP contribution in [0.5, 0.6) is 5.75 Å². The average molecular weight is 492 g/mol. The van der Waals surface area contributed by atoms with Crippen molar-refractivity contribution in [1.29, 1.82) is 0 Å². The summed E-state index contributed by atoms with van der Waals surface area (Å²) < 4.78 is 32.6. The molecule has 0 atom stereocenters. The van der Waals surface area contributed by atoms with Crippen LogP contribution in [-0.4, -0.2) is 34.2 Å². The molecule has 0 saturated heterocycles. The van der Waals surface area contributed by atoms with Crippen molar-refractivity contribution in [2.45, 2.75) is 4.90 Å². The number of benzene rings is 3. The second-order valence-corrected chi connectivity index (χ2v) is 9.13. The van der Waals surface area contributed by atoms with E-state index in [0.717, 1.165) is 4.31 Å². The zero-order valence-electron chi connectivity index (χ0n) is 16.9. The highest BCUT2D eigenvalue weighted by Crippen LogP contribution is 2.26. The van der Waals surface area contributed by atoms with Crippen LogP contribution in [0.25, 0.3) is 0 Å². The number of hydrogen-bond acceptors (Lipinski definition) is 5. The van der Waals surface area contributed by atoms with Gasteiger partial charge in [0.15, 0.2) is 0 Å². The molecule has 0 aromatic heterocycles. The quantitative estimate of drug-likeness (QED) is 0.374. The fraction of sp³-hybridized carbons (Fsp3) is 0.0909. The van der Waals surface area contributed by atoms with Gasteiger partial charge in [0.1, 0.15) is 12.3 Å². The fourth-order valence-corrected chi connectivity index (χ4v) is 4.69. The summed E-state index contributed by atoms with van der Waals surface area (Å²) in [5, 5.41) is 4.58. The van der Waals surface area contributed by atoms with E-state index in [9.17, 15) is 13.2 Å². The summed E-state index contributed by atoms with van der Waals surface area (Å²) in [4.78, 5) is 12.6. The molecule has 0 bridgehead atoms. The summed E-state index contributed by atoms with van der Waals surface area (Å²) >= 11 is 12.2. The minimum atomic E-state index is -4.02. The Kier molecular flexibility index (Phi) is 7.74. The first kappa shape index (κ1) is 23.6. The molecule has 7 nitrogen and oxygen atoms in total. The van der Waals surface area contributed by atoms with E-state index >= 15 is 0 Å². The molecule has 3 aromatic rings. The summed E-state index contributed by atoms with van der Waals surface area (Å²) in [5.74, 6) is -0.101. The number of rotatable bonds is 8. The first-order valence-corrected chi connectivity index (χ1v) is 11.5. The van der Waals surface area contributed by atoms with Gasteiger partial charge in [-0.25, -0.2) is 13.8 Å². The number of carbonyl (C=O) groups excluding carboxylic acids is 1. The summed E-state index contributed by atoms with van der Waals surface area (Å²) in [5.41, 5.74) is 3.04. The molecule has 0 aliphatic carbocycles. The van der Waals surface area contributed by atoms with Gasteiger partial charge in [-0.1, -0.05) is 47.5 Å². The Bertz CT molecular complexity index is 1200. The van der Waals surface area contributed by atoms with Gasteiger partial charge in [0.2, 0.25) is 0 Å². The minimum absolute atomic E-state index is 0.0509. The highest BCUT2D eigenvalue weighted by atomic mass is 35.5. The first-order valence-electron chi connectivity index (χ1n) is 9.30. The fourth-order valence-electron chi connectivity index (χ4n) is 2.75. The molecule has 32 heavy (non-hydrogen) atoms. The largest absolute Gasteiger partial charge is 0.497 e. The van der Waals surface area contributed by atoms with Gasteiger partial charge >= 0.3 is 0 Å². The standard InChI is InChI=1S/C22H19Cl2N3O4S/c1-31-17-12-10-16(11-13-17)27(32(29,30)18-6-3-2-4-7-18)15-22(28)26-25-14-19-20(23)8-5-9-21(19)24/h2-14H,15H2,1H3,(H,26,28)/b25-14+. The lowest BCUT2D eigenvalue weighted by atomic mass is 10.2. The summed E-state index contributed by atoms with van der Waals surface area (Å²) in [6.07, 6.45) is 1.30. The Morgan fingerprint density at radius 1 is 1.00 bits per heavy atom. The molecule has 0 aliphatic heterocycles. The van der Waals surface area contributed by atoms with Crippen molar-refractivity contribution in [3.05, 3.63) is 88.4 Å². The highest BCUT2D eigenvalue weighted by Gasteiger charge is 2.27. The molecular weight excluding hydrogens is 473 g/mol. The topological polar surface area (TPSA) is 88.1 Å². The molecule has 0 spiro atoms. The van der Waals surface area contributed by atoms with Crippen molar-refractivity contribution in [1.82, 2.24) is 5.43 Å². The van der Waals surface area contributed by atoms with Crippen LogP contribution >= 0.6 is 23.2 Å². The zero-order valence-corrected chi connectivity index (χ0v) is 19.2. The van der Waals surface area contributed by atoms with E-state index in [0.29, 0.717) is 27.0 Å². The van der Waals surface area contributed by atoms with E-state index in [1.54, 1.807) is 60.7 Å². The van der Waals surface area contributed by atoms with Crippen LogP contribution < -0.4 is 14.5 Å². The van der Waals surface area contributed by atoms with Crippen LogP contribution in [0.15, 0.2) is 82.8 Å². The SMILES string of the molecule is COc1ccc(N(CC(=O)N/N=C/c2c(Cl)cccc2Cl)S(=O)(=O)c2ccccc2)cc1. The second-order valence-electron chi connectivity index (χ2n) is 6.45. The number of carbonyl (C=O) groups is 1. The van der Waals surface area contributed by atoms with Gasteiger partial charge in [0, 0.05) is 5.56 Å². The number of nitrogens with one attached hydrogen (secondary N) is 1. The Labute approximate surface area is 196 Å². The number of methoxy groups -OCH3 is 1. The first-order chi connectivity index (χ1) is 15.3. The van der Waals surface area contributed by atoms with E-state index in [-0.39, 0.29) is 4.90 Å². The van der Waals surface area contributed by atoms with Crippen molar-refractivity contribution >= 4 is 51.0 Å². The molecular formula is C22H19Cl2N3O4S. The van der Waals surface area contributed by atoms with Crippen molar-refractivity contribution in [2.24, 2.45) is 5.10 Å². The van der Waals surface area contributed by atoms with Crippen molar-refractivity contribution in [2.75, 3.05) is 18.0 Å². The molecule has 0 fully saturated rings. The van der Waals surface area contributed by atoms with Crippen LogP contribution in [0.1, 0.15) is 5.56 Å². The lowest BCUT2D eigenvalue weighted by molar-refractivity contribution is -0.119. The normalized spacial score (nSPS) is 11.3. The molecule has 166 valence electrons. The van der Waals surface area contributed by atoms with Crippen molar-refractivity contribution in [3.8, 4) is 5.75 Å². The van der Waals surface area contributed by atoms with Crippen LogP contribution in [0.4, 0.5) is 5.69 Å². The third kappa shape index (κ3) is 5.59. The molecule has 0 unspecified atom stereocenters. The van der Waals surface area contributed by atoms with Gasteiger partial charge in [0.25, 0.3) is 15.9 Å². The molecule has 10 heteroatoms. The molecule has 0 heterocycles. The number of halogens is 2. The van der Waals surface area contributed by atoms with Gasteiger partial charge < -0.3 is 4.74 Å². The Morgan fingerprint density at radius 3 is 2.22 bits per heavy atom. The summed E-state index contributed by atoms with van der Waals surface area (Å²) in [6, 6.07) is 19.1. The lowest BCUT2D eigenvalue weighted by Crippen LogP contribution is -2.39. The van der Waals surface area contributed by atoms with Gasteiger partial charge in [-0.2, -0.15) is 5.10 Å². The highest BCUT2D eigenvalue weighted by molar-refractivity contribution is 7.92. The number of amides is 1. The van der Waals surface area contributed by atoms with E-state index in [1.807, 2.05) is 0 Å². The van der Waals surface area contributed by atoms with Crippen molar-refractivity contribution in [3.63, 3.8) is 0 Å². The number of hydrazone groups is 1. The third-order valence-electron chi connectivity index (χ3n) is 4.36. The van der Waals surface area contributed by atoms with Crippen LogP contribution in [0.3, 0.4) is 0 Å². The molecule has 3 rings (SSSR count). The maximum Gasteiger partial charge on any atom is 0.264 e. The van der Waals surface area contributed by atoms with Crippen LogP contribution in [0.2, 0.25) is 10.0 Å². The van der Waals surface area contributed by atoms with E-state index in [2.05, 4.69) is 10.5 Å². The Hall–Kier alpha value is -3.07. The number of ether oxygens (including phenoxy) is 1. The smallest absolute Gasteiger partial charge is 0.264 e. The van der Waals surface area contributed by atoms with Crippen molar-refractivity contribution < 1.29 is 17.9 Å². The molecule has 3 aromatic carbocycles. The predicted molar refractivity (Wildman–Crippen MR) is 126 cm³/mol. The maximum atomic E-state index is 13.2. The van der Waals surface area contributed by atoms with Gasteiger partial charge in [-0.3, -0.25) is 9.10 Å². The van der Waals surface area contributed by atoms with Gasteiger partial charge in [-0.05, 0) is 48.5 Å². The number of hydrogen-bond donors (Lipinski definition) is 1. The lowest BCUT2D eigenvalue weighted by Gasteiger charge is -2.23. The average Bonchev–Trinajstić information content (AvgIpc) is 2.80. The summed E-state index contributed by atoms with van der Waals surface area (Å²) in [7, 11) is -2.52. The Balaban J connectivity index is 1.85. The number of anilines is 1. The third-order valence-corrected chi connectivity index (χ3v) is 6.81. The van der Waals surface area contributed by atoms with E-state index < -0.39 is 22.5 Å². The minimum Gasteiger partial charge on any atom is -0.497 e. The summed E-state index contributed by atoms with van der Waals surface area (Å²) in [6.45, 7) is -0.503. The molecule has 0 aliphatic rings. The maximum absolute atomic E-state index is 13.2. The Morgan fingerprint density at radius 2 is 1.62 bits per heavy atom. The molecule has 1 amide bonds. The van der Waals surface area contributed by atoms with E-state index in [4.69, 9.17) is 27.9 Å². The number of nitrogens with zero attached hydrogens (tertiary/aromatic N) is 2. The van der Waals surface area contributed by atoms with Gasteiger partial charge in [0.05, 0.1) is 34.0 Å². The monoisotopic (exact) mass is 491 g/mol. The second kappa shape index (κ2) is 10.5. The number of sulfonamides is 1. The zero-order chi connectivity index (χ0) is 23.1.